The first-order valence-corrected chi connectivity index (χ1v) is 9.87. The molecule has 1 aromatic heterocycles. The molecule has 29 heavy (non-hydrogen) atoms. The summed E-state index contributed by atoms with van der Waals surface area (Å²) in [6.07, 6.45) is 6.72. The summed E-state index contributed by atoms with van der Waals surface area (Å²) in [5.74, 6) is -1.12. The van der Waals surface area contributed by atoms with Crippen LogP contribution in [0.15, 0.2) is 49.1 Å². The third kappa shape index (κ3) is 2.86. The Morgan fingerprint density at radius 3 is 2.83 bits per heavy atom. The molecule has 2 aromatic rings. The van der Waals surface area contributed by atoms with Crippen LogP contribution in [0.3, 0.4) is 0 Å². The predicted molar refractivity (Wildman–Crippen MR) is 105 cm³/mol. The summed E-state index contributed by atoms with van der Waals surface area (Å²) in [7, 11) is 0. The number of likely N-dealkylation sites (tertiary alicyclic amines) is 1. The van der Waals surface area contributed by atoms with Gasteiger partial charge >= 0.3 is 0 Å². The van der Waals surface area contributed by atoms with Gasteiger partial charge in [0.25, 0.3) is 0 Å². The zero-order valence-electron chi connectivity index (χ0n) is 16.4. The summed E-state index contributed by atoms with van der Waals surface area (Å²) in [5, 5.41) is 7.06. The number of nitrogens with one attached hydrogen (secondary N) is 1. The number of carbonyl (C=O) groups is 2. The van der Waals surface area contributed by atoms with Crippen molar-refractivity contribution < 1.29 is 14.3 Å². The third-order valence-electron chi connectivity index (χ3n) is 6.09. The summed E-state index contributed by atoms with van der Waals surface area (Å²) in [6.45, 7) is 5.10. The second-order valence-corrected chi connectivity index (χ2v) is 8.24. The van der Waals surface area contributed by atoms with Gasteiger partial charge in [-0.1, -0.05) is 24.3 Å². The van der Waals surface area contributed by atoms with E-state index in [0.29, 0.717) is 18.8 Å². The van der Waals surface area contributed by atoms with Crippen LogP contribution in [0, 0.1) is 11.8 Å². The second-order valence-electron chi connectivity index (χ2n) is 8.24. The number of amides is 2. The molecule has 2 saturated heterocycles. The number of ether oxygens (including phenoxy) is 1. The van der Waals surface area contributed by atoms with Gasteiger partial charge in [-0.15, -0.1) is 0 Å². The highest BCUT2D eigenvalue weighted by Gasteiger charge is 2.67. The van der Waals surface area contributed by atoms with Gasteiger partial charge in [-0.05, 0) is 31.5 Å². The van der Waals surface area contributed by atoms with Crippen molar-refractivity contribution in [2.45, 2.75) is 38.1 Å². The van der Waals surface area contributed by atoms with Gasteiger partial charge in [-0.2, -0.15) is 5.10 Å². The molecular weight excluding hydrogens is 370 g/mol. The van der Waals surface area contributed by atoms with Gasteiger partial charge in [0, 0.05) is 11.7 Å². The molecule has 150 valence electrons. The maximum absolute atomic E-state index is 13.1. The van der Waals surface area contributed by atoms with Crippen LogP contribution in [0.4, 0.5) is 5.69 Å². The fraction of sp³-hybridized carbons (Fsp3) is 0.429. The van der Waals surface area contributed by atoms with E-state index in [0.717, 1.165) is 5.56 Å². The van der Waals surface area contributed by atoms with Crippen LogP contribution < -0.4 is 5.32 Å². The smallest absolute Gasteiger partial charge is 0.231 e. The quantitative estimate of drug-likeness (QED) is 0.777. The highest BCUT2D eigenvalue weighted by Crippen LogP contribution is 2.52. The Morgan fingerprint density at radius 2 is 2.14 bits per heavy atom. The Balaban J connectivity index is 1.31. The van der Waals surface area contributed by atoms with Crippen molar-refractivity contribution in [3.05, 3.63) is 54.6 Å². The summed E-state index contributed by atoms with van der Waals surface area (Å²) < 4.78 is 7.87. The molecule has 3 aliphatic heterocycles. The molecule has 1 spiro atoms. The third-order valence-corrected chi connectivity index (χ3v) is 6.09. The molecule has 2 amide bonds. The lowest BCUT2D eigenvalue weighted by Crippen LogP contribution is -2.42. The number of carbonyl (C=O) groups excluding carboxylic acids is 2. The van der Waals surface area contributed by atoms with Crippen LogP contribution in [0.2, 0.25) is 0 Å². The van der Waals surface area contributed by atoms with Crippen molar-refractivity contribution in [2.24, 2.45) is 11.8 Å². The Bertz CT molecular complexity index is 969. The largest absolute Gasteiger partial charge is 0.360 e. The van der Waals surface area contributed by atoms with Gasteiger partial charge in [0.15, 0.2) is 0 Å². The lowest BCUT2D eigenvalue weighted by atomic mass is 9.76. The van der Waals surface area contributed by atoms with Crippen LogP contribution in [-0.4, -0.2) is 55.8 Å². The fourth-order valence-corrected chi connectivity index (χ4v) is 4.69. The first kappa shape index (κ1) is 18.1. The van der Waals surface area contributed by atoms with Gasteiger partial charge in [-0.3, -0.25) is 9.59 Å². The summed E-state index contributed by atoms with van der Waals surface area (Å²) >= 11 is 0. The van der Waals surface area contributed by atoms with Gasteiger partial charge in [-0.25, -0.2) is 9.67 Å². The van der Waals surface area contributed by atoms with Crippen molar-refractivity contribution in [2.75, 3.05) is 11.9 Å². The molecule has 8 heteroatoms. The number of benzene rings is 1. The molecule has 0 radical (unpaired) electrons. The Labute approximate surface area is 168 Å². The van der Waals surface area contributed by atoms with Crippen LogP contribution >= 0.6 is 0 Å². The Hall–Kier alpha value is -3.00. The fourth-order valence-electron chi connectivity index (χ4n) is 4.69. The molecule has 2 fully saturated rings. The highest BCUT2D eigenvalue weighted by molar-refractivity contribution is 5.99. The van der Waals surface area contributed by atoms with Gasteiger partial charge < -0.3 is 15.0 Å². The topological polar surface area (TPSA) is 89.3 Å². The monoisotopic (exact) mass is 393 g/mol. The van der Waals surface area contributed by atoms with Gasteiger partial charge in [0.05, 0.1) is 31.0 Å². The molecule has 1 N–H and O–H groups in total. The summed E-state index contributed by atoms with van der Waals surface area (Å²) in [4.78, 5) is 31.8. The van der Waals surface area contributed by atoms with E-state index in [-0.39, 0.29) is 24.0 Å². The van der Waals surface area contributed by atoms with E-state index >= 15 is 0 Å². The van der Waals surface area contributed by atoms with E-state index < -0.39 is 17.4 Å². The molecule has 5 rings (SSSR count). The summed E-state index contributed by atoms with van der Waals surface area (Å²) in [5.41, 5.74) is 1.09. The zero-order chi connectivity index (χ0) is 20.2. The normalized spacial score (nSPS) is 29.7. The van der Waals surface area contributed by atoms with E-state index in [2.05, 4.69) is 15.4 Å². The van der Waals surface area contributed by atoms with Crippen LogP contribution in [0.25, 0.3) is 0 Å². The number of hydrogen-bond acceptors (Lipinski definition) is 5. The van der Waals surface area contributed by atoms with E-state index in [9.17, 15) is 9.59 Å². The Kier molecular flexibility index (Phi) is 4.06. The minimum absolute atomic E-state index is 0.00943. The summed E-state index contributed by atoms with van der Waals surface area (Å²) in [6, 6.07) is 7.69. The average Bonchev–Trinajstić information content (AvgIpc) is 3.45. The average molecular weight is 393 g/mol. The molecule has 0 aliphatic carbocycles. The SMILES string of the molecule is CC(C)N1C[C@@]23C=C[C@@H](O2)[C@H](C(=O)Nc2ccc(Cn4cncn4)cc2)[C@H]3C1=O. The first-order chi connectivity index (χ1) is 14.0. The molecule has 0 unspecified atom stereocenters. The van der Waals surface area contributed by atoms with Crippen molar-refractivity contribution in [1.82, 2.24) is 19.7 Å². The van der Waals surface area contributed by atoms with Crippen molar-refractivity contribution in [1.29, 1.82) is 0 Å². The molecule has 4 heterocycles. The zero-order valence-corrected chi connectivity index (χ0v) is 16.4. The minimum atomic E-state index is -0.657. The van der Waals surface area contributed by atoms with Gasteiger partial charge in [0.2, 0.25) is 11.8 Å². The number of fused-ring (bicyclic) bond motifs is 1. The number of aromatic nitrogens is 3. The molecule has 0 saturated carbocycles. The lowest BCUT2D eigenvalue weighted by molar-refractivity contribution is -0.136. The standard InChI is InChI=1S/C21H23N5O3/c1-13(2)26-10-21-8-7-16(29-21)17(18(21)20(26)28)19(27)24-15-5-3-14(4-6-15)9-25-12-22-11-23-25/h3-8,11-13,16-18H,9-10H2,1-2H3,(H,24,27)/t16-,17+,18+,21-/m1/s1. The van der Waals surface area contributed by atoms with Crippen LogP contribution in [0.5, 0.6) is 0 Å². The molecule has 3 aliphatic rings. The van der Waals surface area contributed by atoms with E-state index in [4.69, 9.17) is 4.74 Å². The maximum Gasteiger partial charge on any atom is 0.231 e. The number of nitrogens with zero attached hydrogens (tertiary/aromatic N) is 4. The van der Waals surface area contributed by atoms with Crippen molar-refractivity contribution in [3.8, 4) is 0 Å². The molecule has 2 bridgehead atoms. The van der Waals surface area contributed by atoms with Gasteiger partial charge in [0.1, 0.15) is 18.3 Å². The van der Waals surface area contributed by atoms with Crippen molar-refractivity contribution in [3.63, 3.8) is 0 Å². The highest BCUT2D eigenvalue weighted by atomic mass is 16.5. The van der Waals surface area contributed by atoms with E-state index in [1.807, 2.05) is 55.2 Å². The molecule has 4 atom stereocenters. The molecule has 1 aromatic carbocycles. The van der Waals surface area contributed by atoms with E-state index in [1.165, 1.54) is 6.33 Å². The maximum atomic E-state index is 13.1. The minimum Gasteiger partial charge on any atom is -0.360 e. The predicted octanol–water partition coefficient (Wildman–Crippen LogP) is 1.46. The van der Waals surface area contributed by atoms with Crippen LogP contribution in [0.1, 0.15) is 19.4 Å². The molecule has 8 nitrogen and oxygen atoms in total. The first-order valence-electron chi connectivity index (χ1n) is 9.87. The lowest BCUT2D eigenvalue weighted by Gasteiger charge is -2.24. The Morgan fingerprint density at radius 1 is 1.34 bits per heavy atom. The van der Waals surface area contributed by atoms with Crippen LogP contribution in [-0.2, 0) is 20.9 Å². The molecular formula is C21H23N5O3. The van der Waals surface area contributed by atoms with E-state index in [1.54, 1.807) is 11.0 Å². The number of anilines is 1. The second kappa shape index (κ2) is 6.52. The number of hydrogen-bond donors (Lipinski definition) is 1. The number of rotatable bonds is 5. The van der Waals surface area contributed by atoms with Crippen molar-refractivity contribution >= 4 is 17.5 Å².